The molecular weight excluding hydrogens is 314 g/mol. The largest absolute Gasteiger partial charge is 0.467 e. The lowest BCUT2D eigenvalue weighted by Crippen LogP contribution is -2.26. The lowest BCUT2D eigenvalue weighted by Gasteiger charge is -2.12. The number of hydrogen-bond acceptors (Lipinski definition) is 3. The molecule has 126 valence electrons. The molecule has 2 aromatic heterocycles. The van der Waals surface area contributed by atoms with Crippen molar-refractivity contribution in [1.29, 1.82) is 5.26 Å². The van der Waals surface area contributed by atoms with Gasteiger partial charge in [-0.15, -0.1) is 0 Å². The number of aryl methyl sites for hydroxylation is 1. The molecule has 2 heterocycles. The van der Waals surface area contributed by atoms with E-state index in [1.165, 1.54) is 0 Å². The predicted octanol–water partition coefficient (Wildman–Crippen LogP) is 4.05. The van der Waals surface area contributed by atoms with Crippen LogP contribution in [-0.2, 0) is 0 Å². The summed E-state index contributed by atoms with van der Waals surface area (Å²) in [6.45, 7) is 5.76. The summed E-state index contributed by atoms with van der Waals surface area (Å²) in [7, 11) is 0. The van der Waals surface area contributed by atoms with Crippen LogP contribution >= 0.6 is 0 Å². The third kappa shape index (κ3) is 3.20. The maximum absolute atomic E-state index is 12.7. The highest BCUT2D eigenvalue weighted by atomic mass is 16.3. The average molecular weight is 333 g/mol. The van der Waals surface area contributed by atoms with Gasteiger partial charge in [0.05, 0.1) is 29.5 Å². The minimum Gasteiger partial charge on any atom is -0.467 e. The molecule has 1 atom stereocenters. The predicted molar refractivity (Wildman–Crippen MR) is 94.5 cm³/mol. The molecule has 0 saturated heterocycles. The molecule has 3 rings (SSSR count). The van der Waals surface area contributed by atoms with Crippen LogP contribution in [0.5, 0.6) is 0 Å². The Bertz CT molecular complexity index is 929. The van der Waals surface area contributed by atoms with Gasteiger partial charge in [-0.2, -0.15) is 5.26 Å². The van der Waals surface area contributed by atoms with Crippen LogP contribution in [0.4, 0.5) is 0 Å². The normalized spacial score (nSPS) is 11.8. The van der Waals surface area contributed by atoms with Gasteiger partial charge < -0.3 is 14.3 Å². The molecule has 5 heteroatoms. The number of nitriles is 1. The smallest absolute Gasteiger partial charge is 0.253 e. The minimum atomic E-state index is -0.208. The van der Waals surface area contributed by atoms with Gasteiger partial charge in [0.2, 0.25) is 0 Å². The van der Waals surface area contributed by atoms with Crippen LogP contribution in [0.3, 0.4) is 0 Å². The Hall–Kier alpha value is -3.26. The van der Waals surface area contributed by atoms with Crippen molar-refractivity contribution >= 4 is 5.91 Å². The van der Waals surface area contributed by atoms with Crippen molar-refractivity contribution in [1.82, 2.24) is 9.88 Å². The number of nitrogens with one attached hydrogen (secondary N) is 1. The van der Waals surface area contributed by atoms with Crippen LogP contribution in [0.1, 0.15) is 46.0 Å². The highest BCUT2D eigenvalue weighted by molar-refractivity contribution is 5.96. The lowest BCUT2D eigenvalue weighted by molar-refractivity contribution is 0.0935. The monoisotopic (exact) mass is 333 g/mol. The molecule has 0 bridgehead atoms. The van der Waals surface area contributed by atoms with Gasteiger partial charge in [-0.05, 0) is 63.2 Å². The van der Waals surface area contributed by atoms with Gasteiger partial charge in [0.15, 0.2) is 0 Å². The Morgan fingerprint density at radius 3 is 2.56 bits per heavy atom. The second-order valence-electron chi connectivity index (χ2n) is 5.99. The number of hydrogen-bond donors (Lipinski definition) is 1. The van der Waals surface area contributed by atoms with Gasteiger partial charge >= 0.3 is 0 Å². The summed E-state index contributed by atoms with van der Waals surface area (Å²) >= 11 is 0. The van der Waals surface area contributed by atoms with E-state index in [2.05, 4.69) is 11.4 Å². The van der Waals surface area contributed by atoms with Crippen molar-refractivity contribution in [3.8, 4) is 11.8 Å². The van der Waals surface area contributed by atoms with Gasteiger partial charge in [0, 0.05) is 17.1 Å². The number of furan rings is 1. The quantitative estimate of drug-likeness (QED) is 0.783. The number of benzene rings is 1. The summed E-state index contributed by atoms with van der Waals surface area (Å²) < 4.78 is 7.34. The summed E-state index contributed by atoms with van der Waals surface area (Å²) in [5, 5.41) is 11.9. The number of nitrogens with zero attached hydrogens (tertiary/aromatic N) is 2. The molecule has 5 nitrogen and oxygen atoms in total. The fourth-order valence-corrected chi connectivity index (χ4v) is 2.96. The zero-order valence-corrected chi connectivity index (χ0v) is 14.4. The number of carbonyl (C=O) groups excluding carboxylic acids is 1. The zero-order chi connectivity index (χ0) is 18.0. The van der Waals surface area contributed by atoms with E-state index in [0.29, 0.717) is 16.9 Å². The highest BCUT2D eigenvalue weighted by Crippen LogP contribution is 2.22. The Kier molecular flexibility index (Phi) is 4.44. The van der Waals surface area contributed by atoms with Gasteiger partial charge in [0.25, 0.3) is 5.91 Å². The maximum Gasteiger partial charge on any atom is 0.253 e. The number of aromatic nitrogens is 1. The molecule has 0 fully saturated rings. The van der Waals surface area contributed by atoms with Crippen LogP contribution in [0.2, 0.25) is 0 Å². The number of rotatable bonds is 4. The molecule has 0 aliphatic rings. The van der Waals surface area contributed by atoms with Gasteiger partial charge in [-0.3, -0.25) is 4.79 Å². The summed E-state index contributed by atoms with van der Waals surface area (Å²) in [5.74, 6) is 0.575. The van der Waals surface area contributed by atoms with Crippen LogP contribution in [0, 0.1) is 25.2 Å². The summed E-state index contributed by atoms with van der Waals surface area (Å²) in [5.41, 5.74) is 3.97. The SMILES string of the molecule is Cc1cc(C(=O)NC(C)c2ccco2)c(C)n1-c1ccc(C#N)cc1. The Balaban J connectivity index is 1.88. The van der Waals surface area contributed by atoms with Crippen molar-refractivity contribution in [3.63, 3.8) is 0 Å². The van der Waals surface area contributed by atoms with E-state index in [-0.39, 0.29) is 11.9 Å². The summed E-state index contributed by atoms with van der Waals surface area (Å²) in [6.07, 6.45) is 1.59. The van der Waals surface area contributed by atoms with Crippen molar-refractivity contribution in [3.05, 3.63) is 77.0 Å². The molecule has 0 aliphatic heterocycles. The molecule has 0 saturated carbocycles. The molecule has 0 spiro atoms. The van der Waals surface area contributed by atoms with Crippen molar-refractivity contribution in [2.75, 3.05) is 0 Å². The standard InChI is InChI=1S/C20H19N3O2/c1-13-11-18(20(24)22-14(2)19-5-4-10-25-19)15(3)23(13)17-8-6-16(12-21)7-9-17/h4-11,14H,1-3H3,(H,22,24). The molecule has 3 aromatic rings. The zero-order valence-electron chi connectivity index (χ0n) is 14.4. The first-order valence-electron chi connectivity index (χ1n) is 8.05. The van der Waals surface area contributed by atoms with Crippen molar-refractivity contribution in [2.24, 2.45) is 0 Å². The topological polar surface area (TPSA) is 71.0 Å². The molecule has 1 amide bonds. The molecule has 0 aliphatic carbocycles. The van der Waals surface area contributed by atoms with Gasteiger partial charge in [0.1, 0.15) is 5.76 Å². The minimum absolute atomic E-state index is 0.142. The Morgan fingerprint density at radius 2 is 1.96 bits per heavy atom. The van der Waals surface area contributed by atoms with E-state index in [9.17, 15) is 4.79 Å². The van der Waals surface area contributed by atoms with E-state index in [1.54, 1.807) is 24.5 Å². The third-order valence-electron chi connectivity index (χ3n) is 4.25. The maximum atomic E-state index is 12.7. The van der Waals surface area contributed by atoms with Crippen LogP contribution < -0.4 is 5.32 Å². The average Bonchev–Trinajstić information content (AvgIpc) is 3.23. The van der Waals surface area contributed by atoms with E-state index in [4.69, 9.17) is 9.68 Å². The second-order valence-corrected chi connectivity index (χ2v) is 5.99. The Morgan fingerprint density at radius 1 is 1.24 bits per heavy atom. The van der Waals surface area contributed by atoms with Crippen molar-refractivity contribution in [2.45, 2.75) is 26.8 Å². The Labute approximate surface area is 146 Å². The van der Waals surface area contributed by atoms with Crippen LogP contribution in [0.25, 0.3) is 5.69 Å². The van der Waals surface area contributed by atoms with E-state index in [0.717, 1.165) is 17.1 Å². The van der Waals surface area contributed by atoms with Crippen LogP contribution in [-0.4, -0.2) is 10.5 Å². The first-order valence-corrected chi connectivity index (χ1v) is 8.05. The van der Waals surface area contributed by atoms with Gasteiger partial charge in [-0.1, -0.05) is 0 Å². The van der Waals surface area contributed by atoms with E-state index >= 15 is 0 Å². The van der Waals surface area contributed by atoms with E-state index in [1.807, 2.05) is 49.6 Å². The summed E-state index contributed by atoms with van der Waals surface area (Å²) in [6, 6.07) is 14.7. The third-order valence-corrected chi connectivity index (χ3v) is 4.25. The molecular formula is C20H19N3O2. The second kappa shape index (κ2) is 6.70. The summed E-state index contributed by atoms with van der Waals surface area (Å²) in [4.78, 5) is 12.7. The molecule has 25 heavy (non-hydrogen) atoms. The fraction of sp³-hybridized carbons (Fsp3) is 0.200. The highest BCUT2D eigenvalue weighted by Gasteiger charge is 2.19. The number of amides is 1. The molecule has 1 N–H and O–H groups in total. The first-order chi connectivity index (χ1) is 12.0. The van der Waals surface area contributed by atoms with Crippen LogP contribution in [0.15, 0.2) is 53.1 Å². The van der Waals surface area contributed by atoms with Crippen molar-refractivity contribution < 1.29 is 9.21 Å². The van der Waals surface area contributed by atoms with Gasteiger partial charge in [-0.25, -0.2) is 0 Å². The fourth-order valence-electron chi connectivity index (χ4n) is 2.96. The number of carbonyl (C=O) groups is 1. The molecule has 1 unspecified atom stereocenters. The van der Waals surface area contributed by atoms with E-state index < -0.39 is 0 Å². The molecule has 0 radical (unpaired) electrons. The first kappa shape index (κ1) is 16.6. The lowest BCUT2D eigenvalue weighted by atomic mass is 10.2. The molecule has 1 aromatic carbocycles.